The average molecular weight is 157 g/mol. The van der Waals surface area contributed by atoms with Gasteiger partial charge in [-0.05, 0) is 12.8 Å². The van der Waals surface area contributed by atoms with E-state index in [4.69, 9.17) is 5.73 Å². The van der Waals surface area contributed by atoms with Crippen molar-refractivity contribution in [1.82, 2.24) is 4.90 Å². The lowest BCUT2D eigenvalue weighted by Crippen LogP contribution is -2.32. The van der Waals surface area contributed by atoms with E-state index in [1.165, 1.54) is 0 Å². The second-order valence-corrected chi connectivity index (χ2v) is 3.37. The molecule has 0 aliphatic rings. The van der Waals surface area contributed by atoms with Crippen LogP contribution in [0.2, 0.25) is 0 Å². The van der Waals surface area contributed by atoms with Crippen LogP contribution in [0.5, 0.6) is 0 Å². The smallest absolute Gasteiger partial charge is 0.190 e. The number of nitrogens with two attached hydrogens (primary N) is 1. The van der Waals surface area contributed by atoms with Crippen molar-refractivity contribution < 1.29 is 0 Å². The van der Waals surface area contributed by atoms with Gasteiger partial charge in [-0.15, -0.1) is 0 Å². The van der Waals surface area contributed by atoms with Gasteiger partial charge in [0.2, 0.25) is 0 Å². The molecule has 0 aromatic rings. The largest absolute Gasteiger partial charge is 0.370 e. The van der Waals surface area contributed by atoms with Crippen molar-refractivity contribution in [3.8, 4) is 0 Å². The van der Waals surface area contributed by atoms with Crippen molar-refractivity contribution in [2.24, 2.45) is 16.6 Å². The van der Waals surface area contributed by atoms with Crippen LogP contribution in [0.3, 0.4) is 0 Å². The SMILES string of the molecule is CC(C)C(C)N=C(N)N(C)C. The maximum absolute atomic E-state index is 5.63. The first kappa shape index (κ1) is 10.3. The molecule has 66 valence electrons. The Kier molecular flexibility index (Phi) is 3.93. The van der Waals surface area contributed by atoms with Gasteiger partial charge in [0.15, 0.2) is 5.96 Å². The molecule has 0 saturated heterocycles. The minimum absolute atomic E-state index is 0.303. The predicted molar refractivity (Wildman–Crippen MR) is 49.6 cm³/mol. The van der Waals surface area contributed by atoms with Gasteiger partial charge in [0.1, 0.15) is 0 Å². The van der Waals surface area contributed by atoms with E-state index in [2.05, 4.69) is 25.8 Å². The van der Waals surface area contributed by atoms with Crippen molar-refractivity contribution >= 4 is 5.96 Å². The van der Waals surface area contributed by atoms with E-state index in [1.807, 2.05) is 19.0 Å². The summed E-state index contributed by atoms with van der Waals surface area (Å²) in [7, 11) is 3.79. The van der Waals surface area contributed by atoms with Crippen molar-refractivity contribution in [3.05, 3.63) is 0 Å². The highest BCUT2D eigenvalue weighted by molar-refractivity contribution is 5.77. The van der Waals surface area contributed by atoms with Gasteiger partial charge in [-0.1, -0.05) is 13.8 Å². The molecular weight excluding hydrogens is 138 g/mol. The summed E-state index contributed by atoms with van der Waals surface area (Å²) in [5.41, 5.74) is 5.63. The highest BCUT2D eigenvalue weighted by atomic mass is 15.2. The fourth-order valence-electron chi connectivity index (χ4n) is 0.473. The third-order valence-corrected chi connectivity index (χ3v) is 1.76. The summed E-state index contributed by atoms with van der Waals surface area (Å²) in [5, 5.41) is 0. The monoisotopic (exact) mass is 157 g/mol. The van der Waals surface area contributed by atoms with Crippen LogP contribution in [0, 0.1) is 5.92 Å². The third-order valence-electron chi connectivity index (χ3n) is 1.76. The lowest BCUT2D eigenvalue weighted by atomic mass is 10.1. The van der Waals surface area contributed by atoms with E-state index >= 15 is 0 Å². The minimum atomic E-state index is 0.303. The first-order valence-electron chi connectivity index (χ1n) is 3.95. The summed E-state index contributed by atoms with van der Waals surface area (Å²) in [5.74, 6) is 1.15. The van der Waals surface area contributed by atoms with Gasteiger partial charge in [0.25, 0.3) is 0 Å². The molecule has 1 unspecified atom stereocenters. The van der Waals surface area contributed by atoms with Gasteiger partial charge >= 0.3 is 0 Å². The molecule has 0 fully saturated rings. The van der Waals surface area contributed by atoms with E-state index in [-0.39, 0.29) is 0 Å². The summed E-state index contributed by atoms with van der Waals surface area (Å²) >= 11 is 0. The Morgan fingerprint density at radius 1 is 1.27 bits per heavy atom. The van der Waals surface area contributed by atoms with Crippen LogP contribution in [0.4, 0.5) is 0 Å². The van der Waals surface area contributed by atoms with Crippen LogP contribution in [-0.4, -0.2) is 31.0 Å². The predicted octanol–water partition coefficient (Wildman–Crippen LogP) is 0.907. The topological polar surface area (TPSA) is 41.6 Å². The van der Waals surface area contributed by atoms with Gasteiger partial charge in [-0.3, -0.25) is 0 Å². The molecule has 0 aliphatic carbocycles. The molecule has 0 amide bonds. The van der Waals surface area contributed by atoms with Crippen LogP contribution in [0.1, 0.15) is 20.8 Å². The molecule has 0 aromatic carbocycles. The number of rotatable bonds is 2. The highest BCUT2D eigenvalue weighted by Gasteiger charge is 2.05. The maximum Gasteiger partial charge on any atom is 0.190 e. The number of aliphatic imine (C=N–C) groups is 1. The van der Waals surface area contributed by atoms with Crippen molar-refractivity contribution in [2.45, 2.75) is 26.8 Å². The molecule has 1 atom stereocenters. The van der Waals surface area contributed by atoms with E-state index in [0.717, 1.165) is 0 Å². The summed E-state index contributed by atoms with van der Waals surface area (Å²) in [6.45, 7) is 6.34. The lowest BCUT2D eigenvalue weighted by molar-refractivity contribution is 0.514. The zero-order valence-corrected chi connectivity index (χ0v) is 8.13. The second-order valence-electron chi connectivity index (χ2n) is 3.37. The van der Waals surface area contributed by atoms with E-state index in [1.54, 1.807) is 0 Å². The van der Waals surface area contributed by atoms with Crippen molar-refractivity contribution in [2.75, 3.05) is 14.1 Å². The van der Waals surface area contributed by atoms with E-state index in [0.29, 0.717) is 17.9 Å². The standard InChI is InChI=1S/C8H19N3/c1-6(2)7(3)10-8(9)11(4)5/h6-7H,1-5H3,(H2,9,10). The second kappa shape index (κ2) is 4.21. The molecule has 0 aliphatic heterocycles. The van der Waals surface area contributed by atoms with Gasteiger partial charge < -0.3 is 10.6 Å². The number of hydrogen-bond donors (Lipinski definition) is 1. The number of hydrogen-bond acceptors (Lipinski definition) is 1. The van der Waals surface area contributed by atoms with Crippen LogP contribution < -0.4 is 5.73 Å². The fourth-order valence-corrected chi connectivity index (χ4v) is 0.473. The summed E-state index contributed by atoms with van der Waals surface area (Å²) < 4.78 is 0. The van der Waals surface area contributed by atoms with Gasteiger partial charge in [-0.2, -0.15) is 0 Å². The molecule has 0 saturated carbocycles. The van der Waals surface area contributed by atoms with Crippen molar-refractivity contribution in [1.29, 1.82) is 0 Å². The normalized spacial score (nSPS) is 15.3. The highest BCUT2D eigenvalue weighted by Crippen LogP contribution is 2.04. The summed E-state index contributed by atoms with van der Waals surface area (Å²) in [6, 6.07) is 0.303. The Balaban J connectivity index is 4.07. The molecule has 0 bridgehead atoms. The summed E-state index contributed by atoms with van der Waals surface area (Å²) in [6.07, 6.45) is 0. The molecule has 0 radical (unpaired) electrons. The molecule has 0 heterocycles. The molecule has 2 N–H and O–H groups in total. The number of guanidine groups is 1. The van der Waals surface area contributed by atoms with Crippen LogP contribution in [-0.2, 0) is 0 Å². The lowest BCUT2D eigenvalue weighted by Gasteiger charge is -2.15. The molecule has 0 rings (SSSR count). The Bertz CT molecular complexity index is 138. The van der Waals surface area contributed by atoms with E-state index < -0.39 is 0 Å². The number of nitrogens with zero attached hydrogens (tertiary/aromatic N) is 2. The zero-order valence-electron chi connectivity index (χ0n) is 8.13. The quantitative estimate of drug-likeness (QED) is 0.478. The molecular formula is C8H19N3. The maximum atomic E-state index is 5.63. The van der Waals surface area contributed by atoms with Gasteiger partial charge in [-0.25, -0.2) is 4.99 Å². The van der Waals surface area contributed by atoms with Crippen LogP contribution in [0.25, 0.3) is 0 Å². The van der Waals surface area contributed by atoms with Crippen LogP contribution in [0.15, 0.2) is 4.99 Å². The first-order valence-corrected chi connectivity index (χ1v) is 3.95. The van der Waals surface area contributed by atoms with Crippen molar-refractivity contribution in [3.63, 3.8) is 0 Å². The molecule has 0 spiro atoms. The summed E-state index contributed by atoms with van der Waals surface area (Å²) in [4.78, 5) is 6.11. The first-order chi connectivity index (χ1) is 4.95. The molecule has 3 nitrogen and oxygen atoms in total. The van der Waals surface area contributed by atoms with Gasteiger partial charge in [0, 0.05) is 14.1 Å². The van der Waals surface area contributed by atoms with Gasteiger partial charge in [0.05, 0.1) is 6.04 Å². The minimum Gasteiger partial charge on any atom is -0.370 e. The zero-order chi connectivity index (χ0) is 9.02. The molecule has 11 heavy (non-hydrogen) atoms. The third kappa shape index (κ3) is 3.86. The Labute approximate surface area is 69.3 Å². The van der Waals surface area contributed by atoms with E-state index in [9.17, 15) is 0 Å². The molecule has 3 heteroatoms. The Hall–Kier alpha value is -0.730. The molecule has 0 aromatic heterocycles. The Morgan fingerprint density at radius 2 is 1.73 bits per heavy atom. The fraction of sp³-hybridized carbons (Fsp3) is 0.875. The average Bonchev–Trinajstić information content (AvgIpc) is 1.87. The van der Waals surface area contributed by atoms with Crippen LogP contribution >= 0.6 is 0 Å². The Morgan fingerprint density at radius 3 is 2.00 bits per heavy atom.